The van der Waals surface area contributed by atoms with E-state index in [1.165, 1.54) is 30.0 Å². The Bertz CT molecular complexity index is 1950. The van der Waals surface area contributed by atoms with Gasteiger partial charge in [0.25, 0.3) is 5.56 Å². The van der Waals surface area contributed by atoms with Crippen molar-refractivity contribution in [2.45, 2.75) is 57.5 Å². The Balaban J connectivity index is 1.32. The van der Waals surface area contributed by atoms with Gasteiger partial charge >= 0.3 is 6.61 Å². The van der Waals surface area contributed by atoms with Crippen molar-refractivity contribution in [3.63, 3.8) is 0 Å². The largest absolute Gasteiger partial charge is 0.496 e. The lowest BCUT2D eigenvalue weighted by Crippen LogP contribution is -2.21. The van der Waals surface area contributed by atoms with E-state index in [4.69, 9.17) is 4.74 Å². The van der Waals surface area contributed by atoms with Gasteiger partial charge in [0.2, 0.25) is 5.88 Å². The zero-order valence-electron chi connectivity index (χ0n) is 23.4. The van der Waals surface area contributed by atoms with E-state index in [0.29, 0.717) is 16.6 Å². The molecule has 0 saturated heterocycles. The maximum Gasteiger partial charge on any atom is 0.388 e. The minimum absolute atomic E-state index is 0.0182. The van der Waals surface area contributed by atoms with Gasteiger partial charge in [0.1, 0.15) is 41.6 Å². The van der Waals surface area contributed by atoms with Crippen molar-refractivity contribution in [3.8, 4) is 34.4 Å². The summed E-state index contributed by atoms with van der Waals surface area (Å²) in [6.45, 7) is -4.02. The predicted octanol–water partition coefficient (Wildman–Crippen LogP) is 5.59. The molecule has 0 atom stereocenters. The van der Waals surface area contributed by atoms with Gasteiger partial charge < -0.3 is 14.0 Å². The average Bonchev–Trinajstić information content (AvgIpc) is 3.95. The van der Waals surface area contributed by atoms with Crippen molar-refractivity contribution in [1.29, 1.82) is 0 Å². The molecule has 0 spiro atoms. The SMILES string of the molecule is COc1cc(Cn2c(=O)ccc3cnc(-c4c(OC(F)F)ncnc4C4CC4)nc32)cc(F)c1-c1nc(CF)cn1C1CC1. The van der Waals surface area contributed by atoms with Crippen LogP contribution in [0.4, 0.5) is 17.6 Å². The van der Waals surface area contributed by atoms with Crippen molar-refractivity contribution in [2.75, 3.05) is 7.11 Å². The number of hydrogen-bond donors (Lipinski definition) is 0. The van der Waals surface area contributed by atoms with Gasteiger partial charge in [-0.3, -0.25) is 9.36 Å². The molecule has 2 saturated carbocycles. The molecule has 4 aromatic heterocycles. The number of alkyl halides is 3. The van der Waals surface area contributed by atoms with Gasteiger partial charge in [-0.25, -0.2) is 33.7 Å². The summed E-state index contributed by atoms with van der Waals surface area (Å²) in [4.78, 5) is 34.6. The summed E-state index contributed by atoms with van der Waals surface area (Å²) in [6, 6.07) is 5.87. The summed E-state index contributed by atoms with van der Waals surface area (Å²) in [5, 5.41) is 0.490. The summed E-state index contributed by atoms with van der Waals surface area (Å²) >= 11 is 0. The zero-order chi connectivity index (χ0) is 30.5. The highest BCUT2D eigenvalue weighted by Gasteiger charge is 2.33. The van der Waals surface area contributed by atoms with Gasteiger partial charge in [-0.2, -0.15) is 8.78 Å². The molecule has 2 aliphatic rings. The van der Waals surface area contributed by atoms with Crippen molar-refractivity contribution in [3.05, 3.63) is 76.1 Å². The van der Waals surface area contributed by atoms with Crippen LogP contribution in [0.5, 0.6) is 11.6 Å². The molecular weight excluding hydrogens is 582 g/mol. The smallest absolute Gasteiger partial charge is 0.388 e. The first-order valence-electron chi connectivity index (χ1n) is 14.0. The van der Waals surface area contributed by atoms with Crippen LogP contribution in [0.25, 0.3) is 33.8 Å². The maximum atomic E-state index is 15.8. The Kier molecular flexibility index (Phi) is 6.98. The molecule has 0 aliphatic heterocycles. The number of benzene rings is 1. The minimum Gasteiger partial charge on any atom is -0.496 e. The van der Waals surface area contributed by atoms with Crippen LogP contribution in [0, 0.1) is 5.82 Å². The lowest BCUT2D eigenvalue weighted by Gasteiger charge is -2.16. The van der Waals surface area contributed by atoms with Crippen LogP contribution in [-0.4, -0.2) is 47.8 Å². The van der Waals surface area contributed by atoms with Crippen LogP contribution in [0.3, 0.4) is 0 Å². The molecule has 0 unspecified atom stereocenters. The Morgan fingerprint density at radius 1 is 1.05 bits per heavy atom. The molecule has 10 nitrogen and oxygen atoms in total. The molecule has 0 amide bonds. The highest BCUT2D eigenvalue weighted by molar-refractivity contribution is 5.78. The highest BCUT2D eigenvalue weighted by atomic mass is 19.3. The summed E-state index contributed by atoms with van der Waals surface area (Å²) in [5.74, 6) is -0.514. The summed E-state index contributed by atoms with van der Waals surface area (Å²) in [6.07, 6.45) is 7.62. The summed E-state index contributed by atoms with van der Waals surface area (Å²) < 4.78 is 69.1. The first-order chi connectivity index (χ1) is 21.3. The molecule has 0 radical (unpaired) electrons. The van der Waals surface area contributed by atoms with E-state index in [1.54, 1.807) is 22.9 Å². The molecule has 1 aromatic carbocycles. The molecule has 44 heavy (non-hydrogen) atoms. The Morgan fingerprint density at radius 3 is 2.57 bits per heavy atom. The fourth-order valence-corrected chi connectivity index (χ4v) is 5.39. The van der Waals surface area contributed by atoms with Gasteiger partial charge in [0, 0.05) is 35.8 Å². The van der Waals surface area contributed by atoms with Crippen LogP contribution >= 0.6 is 0 Å². The number of nitrogens with zero attached hydrogens (tertiary/aromatic N) is 7. The monoisotopic (exact) mass is 607 g/mol. The van der Waals surface area contributed by atoms with E-state index in [9.17, 15) is 18.0 Å². The number of fused-ring (bicyclic) bond motifs is 1. The quantitative estimate of drug-likeness (QED) is 0.189. The van der Waals surface area contributed by atoms with Crippen LogP contribution in [0.15, 0.2) is 47.8 Å². The zero-order valence-corrected chi connectivity index (χ0v) is 23.4. The van der Waals surface area contributed by atoms with E-state index in [2.05, 4.69) is 29.7 Å². The third kappa shape index (κ3) is 5.13. The van der Waals surface area contributed by atoms with E-state index in [0.717, 1.165) is 32.0 Å². The van der Waals surface area contributed by atoms with Crippen molar-refractivity contribution in [1.82, 2.24) is 34.1 Å². The van der Waals surface area contributed by atoms with E-state index in [-0.39, 0.29) is 64.3 Å². The third-order valence-electron chi connectivity index (χ3n) is 7.71. The van der Waals surface area contributed by atoms with Crippen molar-refractivity contribution >= 4 is 11.0 Å². The number of aromatic nitrogens is 7. The minimum atomic E-state index is -3.13. The number of halogens is 4. The highest BCUT2D eigenvalue weighted by Crippen LogP contribution is 2.45. The first-order valence-corrected chi connectivity index (χ1v) is 14.0. The molecule has 0 bridgehead atoms. The van der Waals surface area contributed by atoms with Crippen LogP contribution in [-0.2, 0) is 13.2 Å². The Hall–Kier alpha value is -4.88. The first kappa shape index (κ1) is 27.9. The molecule has 4 heterocycles. The summed E-state index contributed by atoms with van der Waals surface area (Å²) in [5.41, 5.74) is 1.07. The second kappa shape index (κ2) is 11.0. The van der Waals surface area contributed by atoms with Crippen LogP contribution in [0.1, 0.15) is 54.6 Å². The van der Waals surface area contributed by atoms with Gasteiger partial charge in [-0.05, 0) is 49.4 Å². The second-order valence-corrected chi connectivity index (χ2v) is 10.8. The number of hydrogen-bond acceptors (Lipinski definition) is 8. The number of pyridine rings is 1. The average molecular weight is 608 g/mol. The van der Waals surface area contributed by atoms with Gasteiger partial charge in [0.15, 0.2) is 5.82 Å². The molecule has 2 aliphatic carbocycles. The topological polar surface area (TPSA) is 110 Å². The van der Waals surface area contributed by atoms with Crippen molar-refractivity contribution in [2.24, 2.45) is 0 Å². The molecular formula is C30H25F4N7O3. The number of methoxy groups -OCH3 is 1. The Morgan fingerprint density at radius 2 is 1.86 bits per heavy atom. The lowest BCUT2D eigenvalue weighted by atomic mass is 10.1. The molecule has 14 heteroatoms. The van der Waals surface area contributed by atoms with E-state index in [1.807, 2.05) is 0 Å². The fourth-order valence-electron chi connectivity index (χ4n) is 5.39. The third-order valence-corrected chi connectivity index (χ3v) is 7.71. The van der Waals surface area contributed by atoms with E-state index >= 15 is 4.39 Å². The second-order valence-electron chi connectivity index (χ2n) is 10.8. The standard InChI is InChI=1S/C30H25F4N7O3/c1-43-21-9-15(8-20(32)23(21)28-38-18(10-31)13-40(28)19-5-6-19)12-41-22(42)7-4-17-11-35-26(39-27(17)41)24-25(16-2-3-16)36-14-37-29(24)44-30(33)34/h4,7-9,11,13-14,16,19,30H,2-3,5-6,10,12H2,1H3. The Labute approximate surface area is 247 Å². The lowest BCUT2D eigenvalue weighted by molar-refractivity contribution is -0.0525. The van der Waals surface area contributed by atoms with Crippen LogP contribution in [0.2, 0.25) is 0 Å². The number of rotatable bonds is 10. The van der Waals surface area contributed by atoms with Gasteiger partial charge in [0.05, 0.1) is 30.6 Å². The van der Waals surface area contributed by atoms with Gasteiger partial charge in [-0.15, -0.1) is 0 Å². The van der Waals surface area contributed by atoms with Crippen molar-refractivity contribution < 1.29 is 27.0 Å². The molecule has 7 rings (SSSR count). The fraction of sp³-hybridized carbons (Fsp3) is 0.333. The molecule has 226 valence electrons. The number of imidazole rings is 1. The molecule has 2 fully saturated rings. The summed E-state index contributed by atoms with van der Waals surface area (Å²) in [7, 11) is 1.39. The maximum absolute atomic E-state index is 15.8. The van der Waals surface area contributed by atoms with Crippen LogP contribution < -0.4 is 15.0 Å². The predicted molar refractivity (Wildman–Crippen MR) is 150 cm³/mol. The number of ether oxygens (including phenoxy) is 2. The molecule has 5 aromatic rings. The molecule has 0 N–H and O–H groups in total. The van der Waals surface area contributed by atoms with Gasteiger partial charge in [-0.1, -0.05) is 0 Å². The van der Waals surface area contributed by atoms with E-state index < -0.39 is 24.7 Å². The normalized spacial score (nSPS) is 14.9.